The van der Waals surface area contributed by atoms with Crippen LogP contribution in [0.3, 0.4) is 0 Å². The van der Waals surface area contributed by atoms with Crippen molar-refractivity contribution >= 4 is 11.8 Å². The molecule has 2 amide bonds. The molecule has 3 rings (SSSR count). The van der Waals surface area contributed by atoms with E-state index < -0.39 is 5.91 Å². The van der Waals surface area contributed by atoms with E-state index in [0.29, 0.717) is 11.1 Å². The van der Waals surface area contributed by atoms with Crippen molar-refractivity contribution in [3.63, 3.8) is 0 Å². The van der Waals surface area contributed by atoms with Crippen LogP contribution in [0.2, 0.25) is 0 Å². The maximum atomic E-state index is 12.4. The quantitative estimate of drug-likeness (QED) is 0.602. The molecule has 118 valence electrons. The van der Waals surface area contributed by atoms with E-state index in [2.05, 4.69) is 17.4 Å². The number of hydrogen-bond donors (Lipinski definition) is 3. The zero-order valence-electron chi connectivity index (χ0n) is 12.6. The maximum absolute atomic E-state index is 12.4. The van der Waals surface area contributed by atoms with E-state index >= 15 is 0 Å². The van der Waals surface area contributed by atoms with E-state index in [9.17, 15) is 9.59 Å². The molecule has 1 atom stereocenters. The molecule has 1 unspecified atom stereocenters. The molecule has 0 bridgehead atoms. The average Bonchev–Trinajstić information content (AvgIpc) is 2.61. The topological polar surface area (TPSA) is 78.4 Å². The summed E-state index contributed by atoms with van der Waals surface area (Å²) in [7, 11) is 0. The number of rotatable bonds is 3. The largest absolute Gasteiger partial charge is 0.345 e. The minimum Gasteiger partial charge on any atom is -0.345 e. The molecule has 2 aromatic rings. The van der Waals surface area contributed by atoms with E-state index in [1.54, 1.807) is 17.6 Å². The number of hydrogen-bond acceptors (Lipinski definition) is 3. The van der Waals surface area contributed by atoms with E-state index in [4.69, 9.17) is 5.21 Å². The molecular formula is C18H18N2O3. The highest BCUT2D eigenvalue weighted by Gasteiger charge is 2.21. The summed E-state index contributed by atoms with van der Waals surface area (Å²) in [6.07, 6.45) is 3.03. The molecule has 0 radical (unpaired) electrons. The Bertz CT molecular complexity index is 725. The number of nitrogens with one attached hydrogen (secondary N) is 2. The number of benzene rings is 2. The van der Waals surface area contributed by atoms with Gasteiger partial charge in [0.2, 0.25) is 0 Å². The smallest absolute Gasteiger partial charge is 0.274 e. The second-order valence-corrected chi connectivity index (χ2v) is 5.64. The maximum Gasteiger partial charge on any atom is 0.274 e. The van der Waals surface area contributed by atoms with Crippen LogP contribution in [0, 0.1) is 0 Å². The lowest BCUT2D eigenvalue weighted by Gasteiger charge is -2.26. The molecule has 2 aromatic carbocycles. The summed E-state index contributed by atoms with van der Waals surface area (Å²) >= 11 is 0. The SMILES string of the molecule is O=C(NO)c1ccc(C(=O)NC2CCCc3ccccc32)cc1. The van der Waals surface area contributed by atoms with Gasteiger partial charge >= 0.3 is 0 Å². The first kappa shape index (κ1) is 15.2. The highest BCUT2D eigenvalue weighted by molar-refractivity contribution is 5.97. The number of fused-ring (bicyclic) bond motifs is 1. The molecular weight excluding hydrogens is 292 g/mol. The average molecular weight is 310 g/mol. The molecule has 0 saturated carbocycles. The Balaban J connectivity index is 1.74. The van der Waals surface area contributed by atoms with Gasteiger partial charge in [-0.3, -0.25) is 14.8 Å². The predicted octanol–water partition coefficient (Wildman–Crippen LogP) is 2.61. The number of hydroxylamine groups is 1. The minimum absolute atomic E-state index is 0.0212. The van der Waals surface area contributed by atoms with Gasteiger partial charge in [-0.15, -0.1) is 0 Å². The van der Waals surface area contributed by atoms with Crippen molar-refractivity contribution in [2.24, 2.45) is 0 Å². The van der Waals surface area contributed by atoms with Gasteiger partial charge in [0, 0.05) is 11.1 Å². The molecule has 0 aromatic heterocycles. The highest BCUT2D eigenvalue weighted by Crippen LogP contribution is 2.29. The van der Waals surface area contributed by atoms with Gasteiger partial charge in [-0.25, -0.2) is 5.48 Å². The zero-order chi connectivity index (χ0) is 16.2. The third-order valence-electron chi connectivity index (χ3n) is 4.19. The van der Waals surface area contributed by atoms with E-state index in [1.807, 2.05) is 12.1 Å². The normalized spacial score (nSPS) is 16.3. The summed E-state index contributed by atoms with van der Waals surface area (Å²) in [5.41, 5.74) is 4.83. The van der Waals surface area contributed by atoms with Crippen LogP contribution in [0.25, 0.3) is 0 Å². The second-order valence-electron chi connectivity index (χ2n) is 5.64. The van der Waals surface area contributed by atoms with Crippen molar-refractivity contribution in [3.05, 3.63) is 70.8 Å². The molecule has 23 heavy (non-hydrogen) atoms. The van der Waals surface area contributed by atoms with Crippen molar-refractivity contribution < 1.29 is 14.8 Å². The summed E-state index contributed by atoms with van der Waals surface area (Å²) in [6.45, 7) is 0. The van der Waals surface area contributed by atoms with Gasteiger partial charge in [-0.1, -0.05) is 24.3 Å². The van der Waals surface area contributed by atoms with Gasteiger partial charge in [-0.2, -0.15) is 0 Å². The molecule has 5 nitrogen and oxygen atoms in total. The number of amides is 2. The fourth-order valence-electron chi connectivity index (χ4n) is 2.98. The fourth-order valence-corrected chi connectivity index (χ4v) is 2.98. The van der Waals surface area contributed by atoms with Gasteiger partial charge in [0.1, 0.15) is 0 Å². The van der Waals surface area contributed by atoms with Crippen molar-refractivity contribution in [2.75, 3.05) is 0 Å². The lowest BCUT2D eigenvalue weighted by molar-refractivity contribution is 0.0706. The monoisotopic (exact) mass is 310 g/mol. The van der Waals surface area contributed by atoms with Crippen LogP contribution >= 0.6 is 0 Å². The summed E-state index contributed by atoms with van der Waals surface area (Å²) < 4.78 is 0. The molecule has 5 heteroatoms. The van der Waals surface area contributed by atoms with E-state index in [-0.39, 0.29) is 11.9 Å². The highest BCUT2D eigenvalue weighted by atomic mass is 16.5. The molecule has 1 aliphatic rings. The fraction of sp³-hybridized carbons (Fsp3) is 0.222. The van der Waals surface area contributed by atoms with Crippen molar-refractivity contribution in [1.82, 2.24) is 10.8 Å². The van der Waals surface area contributed by atoms with E-state index in [0.717, 1.165) is 19.3 Å². The summed E-state index contributed by atoms with van der Waals surface area (Å²) in [5, 5.41) is 11.7. The number of carbonyl (C=O) groups is 2. The second kappa shape index (κ2) is 6.62. The Labute approximate surface area is 134 Å². The Kier molecular flexibility index (Phi) is 4.39. The Morgan fingerprint density at radius 2 is 1.61 bits per heavy atom. The van der Waals surface area contributed by atoms with E-state index in [1.165, 1.54) is 23.3 Å². The third-order valence-corrected chi connectivity index (χ3v) is 4.19. The van der Waals surface area contributed by atoms with Crippen LogP contribution in [-0.4, -0.2) is 17.0 Å². The van der Waals surface area contributed by atoms with Crippen LogP contribution < -0.4 is 10.8 Å². The van der Waals surface area contributed by atoms with Crippen LogP contribution in [0.4, 0.5) is 0 Å². The summed E-state index contributed by atoms with van der Waals surface area (Å²) in [4.78, 5) is 23.7. The van der Waals surface area contributed by atoms with Gasteiger partial charge in [0.25, 0.3) is 11.8 Å². The first-order valence-corrected chi connectivity index (χ1v) is 7.62. The standard InChI is InChI=1S/C18H18N2O3/c21-17(13-8-10-14(11-9-13)18(22)20-23)19-16-7-3-5-12-4-1-2-6-15(12)16/h1-2,4,6,8-11,16,23H,3,5,7H2,(H,19,21)(H,20,22). The molecule has 0 fully saturated rings. The molecule has 0 aliphatic heterocycles. The Morgan fingerprint density at radius 3 is 2.30 bits per heavy atom. The van der Waals surface area contributed by atoms with Gasteiger partial charge in [-0.05, 0) is 54.7 Å². The lowest BCUT2D eigenvalue weighted by atomic mass is 9.87. The van der Waals surface area contributed by atoms with Gasteiger partial charge < -0.3 is 5.32 Å². The van der Waals surface area contributed by atoms with Crippen LogP contribution in [-0.2, 0) is 6.42 Å². The van der Waals surface area contributed by atoms with Gasteiger partial charge in [0.15, 0.2) is 0 Å². The lowest BCUT2D eigenvalue weighted by Crippen LogP contribution is -2.31. The van der Waals surface area contributed by atoms with Gasteiger partial charge in [0.05, 0.1) is 6.04 Å². The van der Waals surface area contributed by atoms with Crippen molar-refractivity contribution in [3.8, 4) is 0 Å². The summed E-state index contributed by atoms with van der Waals surface area (Å²) in [5.74, 6) is -0.763. The molecule has 1 aliphatic carbocycles. The molecule has 0 heterocycles. The zero-order valence-corrected chi connectivity index (χ0v) is 12.6. The van der Waals surface area contributed by atoms with Crippen molar-refractivity contribution in [1.29, 1.82) is 0 Å². The Morgan fingerprint density at radius 1 is 0.957 bits per heavy atom. The van der Waals surface area contributed by atoms with Crippen LogP contribution in [0.5, 0.6) is 0 Å². The minimum atomic E-state index is -0.599. The van der Waals surface area contributed by atoms with Crippen LogP contribution in [0.15, 0.2) is 48.5 Å². The summed E-state index contributed by atoms with van der Waals surface area (Å²) in [6, 6.07) is 14.4. The molecule has 3 N–H and O–H groups in total. The van der Waals surface area contributed by atoms with Crippen LogP contribution in [0.1, 0.15) is 50.7 Å². The number of aryl methyl sites for hydroxylation is 1. The predicted molar refractivity (Wildman–Crippen MR) is 85.3 cm³/mol. The van der Waals surface area contributed by atoms with Crippen molar-refractivity contribution in [2.45, 2.75) is 25.3 Å². The molecule has 0 spiro atoms. The molecule has 0 saturated heterocycles. The third kappa shape index (κ3) is 3.24. The Hall–Kier alpha value is -2.66. The first-order valence-electron chi connectivity index (χ1n) is 7.62. The first-order chi connectivity index (χ1) is 11.2. The number of carbonyl (C=O) groups excluding carboxylic acids is 2.